The number of ketones is 1. The molecule has 0 aromatic carbocycles. The molecular weight excluding hydrogens is 626 g/mol. The molecule has 0 unspecified atom stereocenters. The molecule has 5 amide bonds. The number of carbonyl (C=O) groups excluding carboxylic acids is 6. The molecule has 268 valence electrons. The average Bonchev–Trinajstić information content (AvgIpc) is 3.65. The predicted molar refractivity (Wildman–Crippen MR) is 181 cm³/mol. The second kappa shape index (κ2) is 15.8. The van der Waals surface area contributed by atoms with Gasteiger partial charge in [-0.25, -0.2) is 4.98 Å². The number of fused-ring (bicyclic) bond motifs is 1. The standard InChI is InChI=1S/C36H53N7O6/c1-5-10-25(29(44)34(48)39-23-15-16-23)40-33(47)28-24-14-9-13-22(24)20-43(28)35(49)30(36(2,3)4)42-32(46)27(21-11-7-6-8-12-21)41-31(45)26-19-37-17-18-38-26/h17-19,21-25,27-28,30H,5-16,20H2,1-4H3,(H,39,48)(H,40,47)(H,41,45)(H,42,46)/t22-,24+,25+,27+,28+,30-/m0/s1. The van der Waals surface area contributed by atoms with E-state index < -0.39 is 59.0 Å². The Balaban J connectivity index is 1.36. The van der Waals surface area contributed by atoms with Crippen LogP contribution >= 0.6 is 0 Å². The number of rotatable bonds is 13. The number of hydrogen-bond donors (Lipinski definition) is 4. The molecule has 4 aliphatic rings. The lowest BCUT2D eigenvalue weighted by molar-refractivity contribution is -0.146. The minimum Gasteiger partial charge on any atom is -0.347 e. The zero-order valence-electron chi connectivity index (χ0n) is 29.3. The molecule has 1 saturated heterocycles. The van der Waals surface area contributed by atoms with Gasteiger partial charge in [0.05, 0.1) is 12.2 Å². The number of Topliss-reactive ketones (excluding diaryl/α,β-unsaturated/α-hetero) is 1. The second-order valence-corrected chi connectivity index (χ2v) is 15.5. The van der Waals surface area contributed by atoms with E-state index in [2.05, 4.69) is 31.2 Å². The molecule has 0 radical (unpaired) electrons. The number of amides is 5. The van der Waals surface area contributed by atoms with Crippen LogP contribution in [0.4, 0.5) is 0 Å². The molecule has 6 atom stereocenters. The fourth-order valence-electron chi connectivity index (χ4n) is 7.87. The Labute approximate surface area is 288 Å². The van der Waals surface area contributed by atoms with Crippen molar-refractivity contribution in [1.82, 2.24) is 36.1 Å². The van der Waals surface area contributed by atoms with Crippen LogP contribution in [0.5, 0.6) is 0 Å². The van der Waals surface area contributed by atoms with Crippen LogP contribution in [0.15, 0.2) is 18.6 Å². The monoisotopic (exact) mass is 679 g/mol. The van der Waals surface area contributed by atoms with Crippen molar-refractivity contribution in [2.75, 3.05) is 6.54 Å². The summed E-state index contributed by atoms with van der Waals surface area (Å²) >= 11 is 0. The van der Waals surface area contributed by atoms with Gasteiger partial charge >= 0.3 is 0 Å². The highest BCUT2D eigenvalue weighted by Crippen LogP contribution is 2.43. The van der Waals surface area contributed by atoms with E-state index in [-0.39, 0.29) is 35.4 Å². The van der Waals surface area contributed by atoms with E-state index in [4.69, 9.17) is 0 Å². The quantitative estimate of drug-likeness (QED) is 0.230. The van der Waals surface area contributed by atoms with Crippen molar-refractivity contribution in [2.45, 2.75) is 135 Å². The van der Waals surface area contributed by atoms with Gasteiger partial charge in [0.2, 0.25) is 23.5 Å². The smallest absolute Gasteiger partial charge is 0.289 e. The summed E-state index contributed by atoms with van der Waals surface area (Å²) in [4.78, 5) is 91.4. The fraction of sp³-hybridized carbons (Fsp3) is 0.722. The second-order valence-electron chi connectivity index (χ2n) is 15.5. The SMILES string of the molecule is CCC[C@@H](NC(=O)[C@H]1[C@@H]2CCC[C@H]2CN1C(=O)[C@H](NC(=O)[C@H](NC(=O)c1cnccn1)C1CCCCC1)C(C)(C)C)C(=O)C(=O)NC1CC1. The number of nitrogens with zero attached hydrogens (tertiary/aromatic N) is 3. The Hall–Kier alpha value is -3.90. The van der Waals surface area contributed by atoms with Crippen molar-refractivity contribution in [1.29, 1.82) is 0 Å². The molecule has 3 saturated carbocycles. The zero-order valence-corrected chi connectivity index (χ0v) is 29.3. The van der Waals surface area contributed by atoms with Crippen LogP contribution in [0, 0.1) is 23.2 Å². The van der Waals surface area contributed by atoms with Gasteiger partial charge in [-0.3, -0.25) is 33.8 Å². The van der Waals surface area contributed by atoms with Crippen molar-refractivity contribution in [2.24, 2.45) is 23.2 Å². The predicted octanol–water partition coefficient (Wildman–Crippen LogP) is 2.45. The van der Waals surface area contributed by atoms with E-state index in [1.165, 1.54) is 18.6 Å². The lowest BCUT2D eigenvalue weighted by atomic mass is 9.82. The Morgan fingerprint density at radius 3 is 2.27 bits per heavy atom. The fourth-order valence-corrected chi connectivity index (χ4v) is 7.87. The van der Waals surface area contributed by atoms with Crippen LogP contribution in [0.2, 0.25) is 0 Å². The number of hydrogen-bond acceptors (Lipinski definition) is 8. The third-order valence-corrected chi connectivity index (χ3v) is 10.7. The molecule has 4 fully saturated rings. The first-order valence-electron chi connectivity index (χ1n) is 18.2. The number of likely N-dealkylation sites (tertiary alicyclic amines) is 1. The molecule has 0 spiro atoms. The first-order chi connectivity index (χ1) is 23.4. The first-order valence-corrected chi connectivity index (χ1v) is 18.2. The highest BCUT2D eigenvalue weighted by atomic mass is 16.2. The average molecular weight is 680 g/mol. The summed E-state index contributed by atoms with van der Waals surface area (Å²) in [6.07, 6.45) is 13.9. The topological polar surface area (TPSA) is 180 Å². The van der Waals surface area contributed by atoms with E-state index in [1.807, 2.05) is 27.7 Å². The Kier molecular flexibility index (Phi) is 11.7. The van der Waals surface area contributed by atoms with Gasteiger partial charge < -0.3 is 26.2 Å². The van der Waals surface area contributed by atoms with Crippen molar-refractivity contribution in [3.8, 4) is 0 Å². The summed E-state index contributed by atoms with van der Waals surface area (Å²) < 4.78 is 0. The summed E-state index contributed by atoms with van der Waals surface area (Å²) in [6.45, 7) is 7.85. The third kappa shape index (κ3) is 8.83. The van der Waals surface area contributed by atoms with Crippen LogP contribution in [-0.2, 0) is 24.0 Å². The van der Waals surface area contributed by atoms with E-state index >= 15 is 0 Å². The van der Waals surface area contributed by atoms with Crippen molar-refractivity contribution in [3.63, 3.8) is 0 Å². The van der Waals surface area contributed by atoms with Gasteiger partial charge in [-0.1, -0.05) is 59.8 Å². The summed E-state index contributed by atoms with van der Waals surface area (Å²) in [7, 11) is 0. The number of nitrogens with one attached hydrogen (secondary N) is 4. The molecule has 13 heteroatoms. The normalized spacial score (nSPS) is 24.2. The molecule has 1 aromatic heterocycles. The minimum atomic E-state index is -0.994. The van der Waals surface area contributed by atoms with Gasteiger partial charge in [-0.05, 0) is 68.1 Å². The van der Waals surface area contributed by atoms with Crippen molar-refractivity contribution in [3.05, 3.63) is 24.3 Å². The molecule has 1 aliphatic heterocycles. The van der Waals surface area contributed by atoms with Gasteiger partial charge in [0, 0.05) is 25.0 Å². The molecule has 13 nitrogen and oxygen atoms in total. The summed E-state index contributed by atoms with van der Waals surface area (Å²) in [5, 5.41) is 11.5. The summed E-state index contributed by atoms with van der Waals surface area (Å²) in [5.74, 6) is -3.20. The van der Waals surface area contributed by atoms with Crippen molar-refractivity contribution >= 4 is 35.3 Å². The maximum absolute atomic E-state index is 14.6. The molecule has 2 heterocycles. The zero-order chi connectivity index (χ0) is 35.3. The van der Waals surface area contributed by atoms with Gasteiger partial charge in [0.25, 0.3) is 11.8 Å². The van der Waals surface area contributed by atoms with Crippen LogP contribution < -0.4 is 21.3 Å². The molecule has 49 heavy (non-hydrogen) atoms. The van der Waals surface area contributed by atoms with Gasteiger partial charge in [-0.2, -0.15) is 0 Å². The largest absolute Gasteiger partial charge is 0.347 e. The first kappa shape index (κ1) is 36.4. The highest BCUT2D eigenvalue weighted by molar-refractivity contribution is 6.38. The Bertz CT molecular complexity index is 1390. The van der Waals surface area contributed by atoms with Gasteiger partial charge in [0.15, 0.2) is 0 Å². The highest BCUT2D eigenvalue weighted by Gasteiger charge is 2.52. The molecule has 3 aliphatic carbocycles. The van der Waals surface area contributed by atoms with Crippen LogP contribution in [0.25, 0.3) is 0 Å². The van der Waals surface area contributed by atoms with E-state index in [0.717, 1.165) is 64.2 Å². The van der Waals surface area contributed by atoms with Crippen molar-refractivity contribution < 1.29 is 28.8 Å². The Morgan fingerprint density at radius 2 is 1.63 bits per heavy atom. The summed E-state index contributed by atoms with van der Waals surface area (Å²) in [5.41, 5.74) is -0.638. The lowest BCUT2D eigenvalue weighted by Gasteiger charge is -2.38. The summed E-state index contributed by atoms with van der Waals surface area (Å²) in [6, 6.07) is -3.68. The van der Waals surface area contributed by atoms with Crippen LogP contribution in [-0.4, -0.2) is 86.9 Å². The van der Waals surface area contributed by atoms with E-state index in [9.17, 15) is 28.8 Å². The maximum Gasteiger partial charge on any atom is 0.289 e. The molecular formula is C36H53N7O6. The number of carbonyl (C=O) groups is 6. The lowest BCUT2D eigenvalue weighted by Crippen LogP contribution is -2.62. The number of aromatic nitrogens is 2. The molecule has 5 rings (SSSR count). The molecule has 4 N–H and O–H groups in total. The van der Waals surface area contributed by atoms with Gasteiger partial charge in [-0.15, -0.1) is 0 Å². The van der Waals surface area contributed by atoms with Crippen LogP contribution in [0.3, 0.4) is 0 Å². The van der Waals surface area contributed by atoms with E-state index in [1.54, 1.807) is 4.90 Å². The minimum absolute atomic E-state index is 0.0132. The maximum atomic E-state index is 14.6. The molecule has 1 aromatic rings. The Morgan fingerprint density at radius 1 is 0.898 bits per heavy atom. The molecule has 0 bridgehead atoms. The third-order valence-electron chi connectivity index (χ3n) is 10.7. The van der Waals surface area contributed by atoms with Gasteiger partial charge in [0.1, 0.15) is 23.8 Å². The van der Waals surface area contributed by atoms with E-state index in [0.29, 0.717) is 19.4 Å². The van der Waals surface area contributed by atoms with Crippen LogP contribution in [0.1, 0.15) is 115 Å².